The Morgan fingerprint density at radius 2 is 1.90 bits per heavy atom. The van der Waals surface area contributed by atoms with Crippen LogP contribution in [0.15, 0.2) is 41.3 Å². The van der Waals surface area contributed by atoms with Gasteiger partial charge in [0.25, 0.3) is 11.1 Å². The monoisotopic (exact) mass is 543 g/mol. The van der Waals surface area contributed by atoms with Crippen LogP contribution in [0.25, 0.3) is 6.08 Å². The van der Waals surface area contributed by atoms with E-state index < -0.39 is 0 Å². The second-order valence-corrected chi connectivity index (χ2v) is 9.01. The zero-order valence-corrected chi connectivity index (χ0v) is 19.8. The molecule has 2 amide bonds. The van der Waals surface area contributed by atoms with Crippen molar-refractivity contribution < 1.29 is 19.1 Å². The van der Waals surface area contributed by atoms with Gasteiger partial charge in [-0.2, -0.15) is 0 Å². The lowest BCUT2D eigenvalue weighted by molar-refractivity contribution is -0.113. The number of hydrogen-bond acceptors (Lipinski definition) is 5. The van der Waals surface area contributed by atoms with E-state index in [-0.39, 0.29) is 17.3 Å². The van der Waals surface area contributed by atoms with Crippen molar-refractivity contribution in [1.82, 2.24) is 0 Å². The summed E-state index contributed by atoms with van der Waals surface area (Å²) in [4.78, 5) is 26.8. The van der Waals surface area contributed by atoms with Crippen molar-refractivity contribution in [3.8, 4) is 11.5 Å². The molecule has 0 radical (unpaired) electrons. The molecule has 0 aromatic heterocycles. The number of hydrogen-bond donors (Lipinski definition) is 0. The molecule has 1 heterocycles. The normalized spacial score (nSPS) is 15.5. The van der Waals surface area contributed by atoms with Crippen LogP contribution >= 0.6 is 46.0 Å². The molecule has 5 nitrogen and oxygen atoms in total. The summed E-state index contributed by atoms with van der Waals surface area (Å²) in [6.45, 7) is 6.29. The van der Waals surface area contributed by atoms with Crippen LogP contribution in [0.5, 0.6) is 11.5 Å². The highest BCUT2D eigenvalue weighted by Gasteiger charge is 2.36. The van der Waals surface area contributed by atoms with Gasteiger partial charge < -0.3 is 9.47 Å². The van der Waals surface area contributed by atoms with Gasteiger partial charge in [-0.1, -0.05) is 11.6 Å². The van der Waals surface area contributed by atoms with Gasteiger partial charge in [0, 0.05) is 5.02 Å². The van der Waals surface area contributed by atoms with E-state index in [1.165, 1.54) is 0 Å². The van der Waals surface area contributed by atoms with Crippen molar-refractivity contribution >= 4 is 68.9 Å². The van der Waals surface area contributed by atoms with Gasteiger partial charge in [-0.05, 0) is 103 Å². The van der Waals surface area contributed by atoms with Crippen LogP contribution in [0.1, 0.15) is 26.3 Å². The first kappa shape index (κ1) is 22.0. The van der Waals surface area contributed by atoms with E-state index in [2.05, 4.69) is 22.6 Å². The molecule has 3 rings (SSSR count). The highest BCUT2D eigenvalue weighted by molar-refractivity contribution is 14.1. The van der Waals surface area contributed by atoms with E-state index in [4.69, 9.17) is 21.1 Å². The van der Waals surface area contributed by atoms with E-state index >= 15 is 0 Å². The van der Waals surface area contributed by atoms with Gasteiger partial charge in [0.15, 0.2) is 11.5 Å². The Bertz CT molecular complexity index is 975. The molecule has 0 N–H and O–H groups in total. The number of halogens is 2. The van der Waals surface area contributed by atoms with Gasteiger partial charge in [0.1, 0.15) is 0 Å². The Hall–Kier alpha value is -1.71. The minimum Gasteiger partial charge on any atom is -0.490 e. The number of rotatable bonds is 6. The molecule has 0 spiro atoms. The second-order valence-electron chi connectivity index (χ2n) is 6.42. The smallest absolute Gasteiger partial charge is 0.298 e. The molecule has 8 heteroatoms. The lowest BCUT2D eigenvalue weighted by Crippen LogP contribution is -2.27. The number of benzene rings is 2. The maximum atomic E-state index is 12.8. The Morgan fingerprint density at radius 3 is 2.52 bits per heavy atom. The molecule has 152 valence electrons. The second kappa shape index (κ2) is 9.40. The van der Waals surface area contributed by atoms with Crippen LogP contribution in [0.3, 0.4) is 0 Å². The number of ether oxygens (including phenoxy) is 2. The maximum absolute atomic E-state index is 12.8. The van der Waals surface area contributed by atoms with E-state index in [9.17, 15) is 9.59 Å². The summed E-state index contributed by atoms with van der Waals surface area (Å²) < 4.78 is 12.5. The fourth-order valence-electron chi connectivity index (χ4n) is 2.72. The molecule has 0 atom stereocenters. The first-order chi connectivity index (χ1) is 13.8. The lowest BCUT2D eigenvalue weighted by atomic mass is 10.1. The fourth-order valence-corrected chi connectivity index (χ4v) is 4.44. The molecule has 0 unspecified atom stereocenters. The Morgan fingerprint density at radius 1 is 1.21 bits per heavy atom. The first-order valence-electron chi connectivity index (χ1n) is 8.96. The summed E-state index contributed by atoms with van der Waals surface area (Å²) in [5, 5.41) is 0.195. The van der Waals surface area contributed by atoms with Gasteiger partial charge in [0.2, 0.25) is 0 Å². The van der Waals surface area contributed by atoms with E-state index in [1.54, 1.807) is 30.3 Å². The van der Waals surface area contributed by atoms with Crippen molar-refractivity contribution in [2.45, 2.75) is 26.9 Å². The quantitative estimate of drug-likeness (QED) is 0.313. The van der Waals surface area contributed by atoms with Crippen LogP contribution in [0.4, 0.5) is 10.5 Å². The highest BCUT2D eigenvalue weighted by atomic mass is 127. The highest BCUT2D eigenvalue weighted by Crippen LogP contribution is 2.39. The number of carbonyl (C=O) groups is 2. The Labute approximate surface area is 192 Å². The van der Waals surface area contributed by atoms with E-state index in [1.807, 2.05) is 32.9 Å². The fraction of sp³-hybridized carbons (Fsp3) is 0.238. The average Bonchev–Trinajstić information content (AvgIpc) is 2.92. The zero-order chi connectivity index (χ0) is 21.1. The summed E-state index contributed by atoms with van der Waals surface area (Å²) in [6.07, 6.45) is 1.70. The van der Waals surface area contributed by atoms with Gasteiger partial charge in [0.05, 0.1) is 26.9 Å². The average molecular weight is 544 g/mol. The predicted octanol–water partition coefficient (Wildman–Crippen LogP) is 6.37. The third-order valence-corrected chi connectivity index (χ3v) is 5.78. The molecule has 1 aliphatic heterocycles. The lowest BCUT2D eigenvalue weighted by Gasteiger charge is -2.17. The molecule has 2 aromatic carbocycles. The molecule has 0 bridgehead atoms. The maximum Gasteiger partial charge on any atom is 0.298 e. The predicted molar refractivity (Wildman–Crippen MR) is 126 cm³/mol. The summed E-state index contributed by atoms with van der Waals surface area (Å²) in [7, 11) is 0. The third kappa shape index (κ3) is 5.07. The molecule has 29 heavy (non-hydrogen) atoms. The third-order valence-electron chi connectivity index (χ3n) is 3.86. The van der Waals surface area contributed by atoms with Crippen LogP contribution < -0.4 is 14.4 Å². The van der Waals surface area contributed by atoms with Crippen LogP contribution in [0.2, 0.25) is 5.02 Å². The van der Waals surface area contributed by atoms with Crippen LogP contribution in [0, 0.1) is 3.57 Å². The summed E-state index contributed by atoms with van der Waals surface area (Å²) >= 11 is 8.99. The van der Waals surface area contributed by atoms with Crippen molar-refractivity contribution in [3.63, 3.8) is 0 Å². The van der Waals surface area contributed by atoms with Gasteiger partial charge >= 0.3 is 0 Å². The molecule has 2 aromatic rings. The largest absolute Gasteiger partial charge is 0.490 e. The molecule has 1 fully saturated rings. The minimum absolute atomic E-state index is 0.00412. The summed E-state index contributed by atoms with van der Waals surface area (Å²) in [5.74, 6) is 0.919. The number of thioether (sulfide) groups is 1. The van der Waals surface area contributed by atoms with Crippen molar-refractivity contribution in [3.05, 3.63) is 55.5 Å². The van der Waals surface area contributed by atoms with Crippen molar-refractivity contribution in [2.24, 2.45) is 0 Å². The van der Waals surface area contributed by atoms with Gasteiger partial charge in [-0.3, -0.25) is 9.59 Å². The standard InChI is InChI=1S/C21H19ClINO4S/c1-4-27-17-10-13(9-16(23)19(17)28-12(2)3)11-18-20(25)24(21(26)29-18)15-7-5-14(22)6-8-15/h5-12H,4H2,1-3H3/b18-11+. The first-order valence-corrected chi connectivity index (χ1v) is 11.2. The number of anilines is 1. The van der Waals surface area contributed by atoms with Crippen molar-refractivity contribution in [2.75, 3.05) is 11.5 Å². The number of amides is 2. The van der Waals surface area contributed by atoms with E-state index in [0.29, 0.717) is 33.7 Å². The summed E-state index contributed by atoms with van der Waals surface area (Å²) in [5.41, 5.74) is 1.25. The minimum atomic E-state index is -0.363. The van der Waals surface area contributed by atoms with Crippen LogP contribution in [-0.4, -0.2) is 23.9 Å². The summed E-state index contributed by atoms with van der Waals surface area (Å²) in [6, 6.07) is 10.3. The number of carbonyl (C=O) groups excluding carboxylic acids is 2. The van der Waals surface area contributed by atoms with Crippen LogP contribution in [-0.2, 0) is 4.79 Å². The van der Waals surface area contributed by atoms with Crippen molar-refractivity contribution in [1.29, 1.82) is 0 Å². The van der Waals surface area contributed by atoms with Gasteiger partial charge in [-0.25, -0.2) is 4.90 Å². The molecule has 1 aliphatic rings. The molecule has 1 saturated heterocycles. The molecule has 0 aliphatic carbocycles. The molecule has 0 saturated carbocycles. The Balaban J connectivity index is 1.94. The number of imide groups is 1. The topological polar surface area (TPSA) is 55.8 Å². The van der Waals surface area contributed by atoms with E-state index in [0.717, 1.165) is 25.8 Å². The molecular formula is C21H19ClINO4S. The zero-order valence-electron chi connectivity index (χ0n) is 16.1. The number of nitrogens with zero attached hydrogens (tertiary/aromatic N) is 1. The molecular weight excluding hydrogens is 525 g/mol. The van der Waals surface area contributed by atoms with Gasteiger partial charge in [-0.15, -0.1) is 0 Å². The Kier molecular flexibility index (Phi) is 7.13. The SMILES string of the molecule is CCOc1cc(/C=C2/SC(=O)N(c3ccc(Cl)cc3)C2=O)cc(I)c1OC(C)C.